The highest BCUT2D eigenvalue weighted by Gasteiger charge is 2.26. The molecule has 4 nitrogen and oxygen atoms in total. The van der Waals surface area contributed by atoms with Crippen LogP contribution < -0.4 is 0 Å². The number of carbonyl (C=O) groups is 1. The molecule has 2 heterocycles. The van der Waals surface area contributed by atoms with Gasteiger partial charge >= 0.3 is 5.97 Å². The average molecular weight is 251 g/mol. The smallest absolute Gasteiger partial charge is 0.339 e. The number of aromatic carboxylic acids is 1. The van der Waals surface area contributed by atoms with Crippen molar-refractivity contribution in [3.05, 3.63) is 23.2 Å². The van der Waals surface area contributed by atoms with Crippen molar-refractivity contribution < 1.29 is 14.3 Å². The summed E-state index contributed by atoms with van der Waals surface area (Å²) in [6, 6.07) is 1.65. The molecule has 0 amide bonds. The zero-order valence-corrected chi connectivity index (χ0v) is 11.3. The maximum atomic E-state index is 10.9. The van der Waals surface area contributed by atoms with Crippen LogP contribution in [0.15, 0.2) is 10.5 Å². The highest BCUT2D eigenvalue weighted by Crippen LogP contribution is 2.30. The first-order valence-electron chi connectivity index (χ1n) is 6.42. The maximum Gasteiger partial charge on any atom is 0.339 e. The van der Waals surface area contributed by atoms with Gasteiger partial charge in [0.2, 0.25) is 0 Å². The number of nitrogens with zero attached hydrogens (tertiary/aromatic N) is 1. The van der Waals surface area contributed by atoms with Crippen LogP contribution in [0.2, 0.25) is 0 Å². The molecule has 0 saturated carbocycles. The molecule has 100 valence electrons. The molecule has 1 saturated heterocycles. The summed E-state index contributed by atoms with van der Waals surface area (Å²) in [5.74, 6) is 0.335. The van der Waals surface area contributed by atoms with Crippen molar-refractivity contribution in [2.45, 2.75) is 40.2 Å². The van der Waals surface area contributed by atoms with Crippen molar-refractivity contribution in [1.29, 1.82) is 0 Å². The molecule has 0 radical (unpaired) electrons. The van der Waals surface area contributed by atoms with Crippen LogP contribution in [0.5, 0.6) is 0 Å². The lowest BCUT2D eigenvalue weighted by Gasteiger charge is -2.36. The Kier molecular flexibility index (Phi) is 3.48. The molecular formula is C14H21NO3. The zero-order chi connectivity index (χ0) is 13.3. The van der Waals surface area contributed by atoms with Crippen molar-refractivity contribution in [1.82, 2.24) is 4.90 Å². The van der Waals surface area contributed by atoms with Crippen LogP contribution in [0, 0.1) is 12.3 Å². The van der Waals surface area contributed by atoms with Gasteiger partial charge in [-0.1, -0.05) is 13.8 Å². The Bertz CT molecular complexity index is 438. The quantitative estimate of drug-likeness (QED) is 0.897. The van der Waals surface area contributed by atoms with E-state index in [4.69, 9.17) is 9.52 Å². The van der Waals surface area contributed by atoms with Crippen LogP contribution in [0.4, 0.5) is 0 Å². The second-order valence-electron chi connectivity index (χ2n) is 5.93. The minimum absolute atomic E-state index is 0.280. The Morgan fingerprint density at radius 3 is 2.56 bits per heavy atom. The van der Waals surface area contributed by atoms with Crippen molar-refractivity contribution in [3.8, 4) is 0 Å². The van der Waals surface area contributed by atoms with Crippen LogP contribution in [0.3, 0.4) is 0 Å². The number of hydrogen-bond donors (Lipinski definition) is 1. The third-order valence-electron chi connectivity index (χ3n) is 3.79. The van der Waals surface area contributed by atoms with Crippen LogP contribution in [-0.4, -0.2) is 29.1 Å². The van der Waals surface area contributed by atoms with Gasteiger partial charge in [-0.3, -0.25) is 4.90 Å². The molecule has 2 rings (SSSR count). The van der Waals surface area contributed by atoms with Crippen LogP contribution >= 0.6 is 0 Å². The first-order valence-corrected chi connectivity index (χ1v) is 6.42. The maximum absolute atomic E-state index is 10.9. The molecule has 1 aliphatic heterocycles. The van der Waals surface area contributed by atoms with Gasteiger partial charge < -0.3 is 9.52 Å². The topological polar surface area (TPSA) is 53.7 Å². The van der Waals surface area contributed by atoms with Gasteiger partial charge in [0.05, 0.1) is 6.54 Å². The Morgan fingerprint density at radius 1 is 1.44 bits per heavy atom. The van der Waals surface area contributed by atoms with Gasteiger partial charge in [0.15, 0.2) is 0 Å². The fraction of sp³-hybridized carbons (Fsp3) is 0.643. The second-order valence-corrected chi connectivity index (χ2v) is 5.93. The molecule has 0 aliphatic carbocycles. The summed E-state index contributed by atoms with van der Waals surface area (Å²) in [4.78, 5) is 13.3. The molecule has 0 bridgehead atoms. The fourth-order valence-electron chi connectivity index (χ4n) is 2.37. The molecule has 18 heavy (non-hydrogen) atoms. The van der Waals surface area contributed by atoms with E-state index in [1.54, 1.807) is 13.0 Å². The second kappa shape index (κ2) is 4.76. The van der Waals surface area contributed by atoms with Gasteiger partial charge in [-0.2, -0.15) is 0 Å². The van der Waals surface area contributed by atoms with Crippen molar-refractivity contribution in [3.63, 3.8) is 0 Å². The normalized spacial score (nSPS) is 19.9. The minimum atomic E-state index is -0.915. The minimum Gasteiger partial charge on any atom is -0.478 e. The molecule has 0 unspecified atom stereocenters. The lowest BCUT2D eigenvalue weighted by Crippen LogP contribution is -2.36. The molecule has 1 fully saturated rings. The van der Waals surface area contributed by atoms with E-state index >= 15 is 0 Å². The lowest BCUT2D eigenvalue weighted by atomic mass is 9.83. The van der Waals surface area contributed by atoms with E-state index in [9.17, 15) is 4.79 Å². The third-order valence-corrected chi connectivity index (χ3v) is 3.79. The van der Waals surface area contributed by atoms with Crippen LogP contribution in [-0.2, 0) is 6.54 Å². The highest BCUT2D eigenvalue weighted by atomic mass is 16.4. The fourth-order valence-corrected chi connectivity index (χ4v) is 2.37. The van der Waals surface area contributed by atoms with Crippen molar-refractivity contribution >= 4 is 5.97 Å². The van der Waals surface area contributed by atoms with Gasteiger partial charge in [0.25, 0.3) is 0 Å². The highest BCUT2D eigenvalue weighted by molar-refractivity contribution is 5.88. The Balaban J connectivity index is 1.98. The number of hydrogen-bond acceptors (Lipinski definition) is 3. The predicted molar refractivity (Wildman–Crippen MR) is 68.7 cm³/mol. The number of carboxylic acid groups (broad SMARTS) is 1. The number of carboxylic acids is 1. The van der Waals surface area contributed by atoms with Crippen molar-refractivity contribution in [2.24, 2.45) is 5.41 Å². The lowest BCUT2D eigenvalue weighted by molar-refractivity contribution is 0.0695. The average Bonchev–Trinajstić information content (AvgIpc) is 2.63. The molecule has 1 aromatic rings. The van der Waals surface area contributed by atoms with Gasteiger partial charge in [-0.15, -0.1) is 0 Å². The van der Waals surface area contributed by atoms with Gasteiger partial charge in [-0.05, 0) is 44.3 Å². The van der Waals surface area contributed by atoms with E-state index in [0.29, 0.717) is 17.7 Å². The van der Waals surface area contributed by atoms with E-state index in [1.165, 1.54) is 12.8 Å². The van der Waals surface area contributed by atoms with E-state index < -0.39 is 5.97 Å². The van der Waals surface area contributed by atoms with Crippen LogP contribution in [0.25, 0.3) is 0 Å². The molecule has 1 N–H and O–H groups in total. The summed E-state index contributed by atoms with van der Waals surface area (Å²) < 4.78 is 5.51. The summed E-state index contributed by atoms with van der Waals surface area (Å²) in [7, 11) is 0. The summed E-state index contributed by atoms with van der Waals surface area (Å²) in [5.41, 5.74) is 0.712. The largest absolute Gasteiger partial charge is 0.478 e. The Labute approximate surface area is 108 Å². The Hall–Kier alpha value is -1.29. The van der Waals surface area contributed by atoms with Gasteiger partial charge in [0, 0.05) is 0 Å². The zero-order valence-electron chi connectivity index (χ0n) is 11.3. The summed E-state index contributed by atoms with van der Waals surface area (Å²) in [6.45, 7) is 9.11. The summed E-state index contributed by atoms with van der Waals surface area (Å²) in [5, 5.41) is 8.98. The summed E-state index contributed by atoms with van der Waals surface area (Å²) in [6.07, 6.45) is 2.36. The van der Waals surface area contributed by atoms with Gasteiger partial charge in [-0.25, -0.2) is 4.79 Å². The molecule has 1 aliphatic rings. The number of likely N-dealkylation sites (tertiary alicyclic amines) is 1. The predicted octanol–water partition coefficient (Wildman–Crippen LogP) is 2.91. The summed E-state index contributed by atoms with van der Waals surface area (Å²) >= 11 is 0. The monoisotopic (exact) mass is 251 g/mol. The molecule has 0 atom stereocenters. The van der Waals surface area contributed by atoms with E-state index in [0.717, 1.165) is 18.8 Å². The molecule has 0 aromatic carbocycles. The number of rotatable bonds is 3. The number of piperidine rings is 1. The number of furan rings is 1. The standard InChI is InChI=1S/C14H21NO3/c1-10-12(13(16)17)8-11(18-10)9-15-6-4-14(2,3)5-7-15/h8H,4-7,9H2,1-3H3,(H,16,17). The SMILES string of the molecule is Cc1oc(CN2CCC(C)(C)CC2)cc1C(=O)O. The number of aryl methyl sites for hydroxylation is 1. The molecule has 4 heteroatoms. The van der Waals surface area contributed by atoms with E-state index in [2.05, 4.69) is 18.7 Å². The van der Waals surface area contributed by atoms with Crippen LogP contribution in [0.1, 0.15) is 48.6 Å². The first kappa shape index (κ1) is 13.1. The van der Waals surface area contributed by atoms with E-state index in [1.807, 2.05) is 0 Å². The van der Waals surface area contributed by atoms with Gasteiger partial charge in [0.1, 0.15) is 17.1 Å². The van der Waals surface area contributed by atoms with Crippen molar-refractivity contribution in [2.75, 3.05) is 13.1 Å². The Morgan fingerprint density at radius 2 is 2.06 bits per heavy atom. The molecule has 0 spiro atoms. The molecular weight excluding hydrogens is 230 g/mol. The molecule has 1 aromatic heterocycles. The van der Waals surface area contributed by atoms with E-state index in [-0.39, 0.29) is 5.56 Å². The first-order chi connectivity index (χ1) is 8.37. The third kappa shape index (κ3) is 2.93.